The summed E-state index contributed by atoms with van der Waals surface area (Å²) in [7, 11) is 9.01. The summed E-state index contributed by atoms with van der Waals surface area (Å²) in [5.41, 5.74) is 4.46. The van der Waals surface area contributed by atoms with Crippen molar-refractivity contribution in [3.8, 4) is 11.8 Å². The van der Waals surface area contributed by atoms with Crippen LogP contribution in [0.4, 0.5) is 5.69 Å². The van der Waals surface area contributed by atoms with Crippen molar-refractivity contribution in [2.45, 2.75) is 152 Å². The van der Waals surface area contributed by atoms with Crippen LogP contribution in [0.25, 0.3) is 27.0 Å². The predicted octanol–water partition coefficient (Wildman–Crippen LogP) is 12.4. The highest BCUT2D eigenvalue weighted by Gasteiger charge is 2.31. The third-order valence-corrected chi connectivity index (χ3v) is 17.3. The Hall–Kier alpha value is -7.07. The lowest BCUT2D eigenvalue weighted by Crippen LogP contribution is -2.53. The number of para-hydroxylation sites is 1. The van der Waals surface area contributed by atoms with Crippen molar-refractivity contribution in [1.82, 2.24) is 39.8 Å². The molecule has 4 amide bonds. The lowest BCUT2D eigenvalue weighted by atomic mass is 9.93. The Morgan fingerprint density at radius 1 is 0.710 bits per heavy atom. The molecule has 19 nitrogen and oxygen atoms in total. The summed E-state index contributed by atoms with van der Waals surface area (Å²) in [5.74, 6) is 0.448. The number of aliphatic hydroxyl groups is 1. The minimum atomic E-state index is -0.438. The first-order chi connectivity index (χ1) is 44.3. The molecule has 0 fully saturated rings. The molecule has 0 aliphatic heterocycles. The SMILES string of the molecule is CCC(C)(C)N(C)C(=O)CN(CCO)CC(=O)N(C)C(C)(C)Cc1ccccc1.CCCCOc1cc(C(=O)NCCN(CC)CC)c2ccccc2n1.CCCCc1cc2ccccc2c(OCCN(C)C)n1.CCC[N-]C(C)C(=O)Nc1c(C)csc1C(=O)OC. The van der Waals surface area contributed by atoms with Gasteiger partial charge in [-0.2, -0.15) is 0 Å². The molecule has 6 aromatic rings. The zero-order chi connectivity index (χ0) is 69.1. The molecule has 514 valence electrons. The van der Waals surface area contributed by atoms with E-state index >= 15 is 0 Å². The number of benzene rings is 3. The predicted molar refractivity (Wildman–Crippen MR) is 381 cm³/mol. The van der Waals surface area contributed by atoms with Crippen molar-refractivity contribution in [2.75, 3.05) is 119 Å². The van der Waals surface area contributed by atoms with Gasteiger partial charge < -0.3 is 54.9 Å². The highest BCUT2D eigenvalue weighted by atomic mass is 32.1. The van der Waals surface area contributed by atoms with Crippen LogP contribution in [0.3, 0.4) is 0 Å². The molecule has 93 heavy (non-hydrogen) atoms. The first-order valence-electron chi connectivity index (χ1n) is 33.1. The van der Waals surface area contributed by atoms with E-state index in [0.717, 1.165) is 98.1 Å². The molecular formula is C73H111N10O9S-. The summed E-state index contributed by atoms with van der Waals surface area (Å²) < 4.78 is 16.3. The number of nitrogens with one attached hydrogen (secondary N) is 2. The van der Waals surface area contributed by atoms with Crippen molar-refractivity contribution in [3.63, 3.8) is 0 Å². The second-order valence-electron chi connectivity index (χ2n) is 24.6. The fraction of sp³-hybridized carbons (Fsp3) is 0.548. The molecule has 3 aromatic heterocycles. The van der Waals surface area contributed by atoms with Crippen LogP contribution in [-0.4, -0.2) is 200 Å². The van der Waals surface area contributed by atoms with Crippen molar-refractivity contribution in [1.29, 1.82) is 0 Å². The third-order valence-electron chi connectivity index (χ3n) is 16.3. The number of esters is 1. The number of thiophene rings is 1. The summed E-state index contributed by atoms with van der Waals surface area (Å²) in [6.45, 7) is 31.0. The number of ether oxygens (including phenoxy) is 3. The molecule has 0 aliphatic carbocycles. The van der Waals surface area contributed by atoms with E-state index in [-0.39, 0.29) is 60.9 Å². The number of likely N-dealkylation sites (N-methyl/N-ethyl adjacent to an activating group) is 4. The van der Waals surface area contributed by atoms with Crippen molar-refractivity contribution < 1.29 is 43.3 Å². The maximum atomic E-state index is 12.9. The Morgan fingerprint density at radius 2 is 1.33 bits per heavy atom. The summed E-state index contributed by atoms with van der Waals surface area (Å²) in [4.78, 5) is 81.1. The van der Waals surface area contributed by atoms with Gasteiger partial charge in [0.25, 0.3) is 5.91 Å². The van der Waals surface area contributed by atoms with E-state index in [9.17, 15) is 29.1 Å². The van der Waals surface area contributed by atoms with Crippen LogP contribution in [0.15, 0.2) is 96.4 Å². The zero-order valence-electron chi connectivity index (χ0n) is 59.2. The van der Waals surface area contributed by atoms with Crippen LogP contribution in [-0.2, 0) is 32.0 Å². The lowest BCUT2D eigenvalue weighted by molar-refractivity contribution is -0.139. The molecule has 1 atom stereocenters. The molecule has 0 spiro atoms. The number of fused-ring (bicyclic) bond motifs is 2. The van der Waals surface area contributed by atoms with Gasteiger partial charge >= 0.3 is 5.97 Å². The van der Waals surface area contributed by atoms with Crippen LogP contribution >= 0.6 is 11.3 Å². The number of anilines is 1. The Morgan fingerprint density at radius 3 is 1.94 bits per heavy atom. The van der Waals surface area contributed by atoms with Crippen LogP contribution < -0.4 is 20.1 Å². The summed E-state index contributed by atoms with van der Waals surface area (Å²) >= 11 is 1.26. The second kappa shape index (κ2) is 42.3. The zero-order valence-corrected chi connectivity index (χ0v) is 60.0. The summed E-state index contributed by atoms with van der Waals surface area (Å²) in [6.07, 6.45) is 7.89. The number of amides is 4. The van der Waals surface area contributed by atoms with Crippen LogP contribution in [0.2, 0.25) is 0 Å². The number of hydrogen-bond donors (Lipinski definition) is 3. The fourth-order valence-corrected chi connectivity index (χ4v) is 10.3. The van der Waals surface area contributed by atoms with Crippen molar-refractivity contribution in [2.24, 2.45) is 0 Å². The van der Waals surface area contributed by atoms with Gasteiger partial charge in [0, 0.05) is 73.9 Å². The standard InChI is InChI=1S/C23H39N3O3.C20H29N3O2.C17H24N2O.C13H19N2O3S/c1-8-22(2,3)24(6)20(28)17-26(14-15-27)18-21(29)25(7)23(4,5)16-19-12-10-9-11-13-19;1-4-7-14-25-19-15-17(16-10-8-9-11-18(16)22-19)20(24)21-12-13-23(5-2)6-3;1-4-5-9-15-13-14-8-6-7-10-16(14)17(18-15)20-12-11-19(2)3;1-5-6-14-9(3)12(16)15-10-8(2)7-19-11(10)13(17)18-4/h9-13,27H,8,14-18H2,1-7H3;8-11,15H,4-7,12-14H2,1-3H3,(H,21,24);6-8,10,13H,4-5,9,11-12H2,1-3H3;7,9H,5-6H2,1-4H3,(H,15,16)/q;;;-1. The molecule has 0 saturated heterocycles. The molecule has 20 heteroatoms. The van der Waals surface area contributed by atoms with Crippen molar-refractivity contribution in [3.05, 3.63) is 129 Å². The molecule has 3 N–H and O–H groups in total. The quantitative estimate of drug-likeness (QED) is 0.0253. The number of carbonyl (C=O) groups is 5. The number of aromatic nitrogens is 2. The smallest absolute Gasteiger partial charge is 0.350 e. The second-order valence-corrected chi connectivity index (χ2v) is 25.5. The normalized spacial score (nSPS) is 11.6. The van der Waals surface area contributed by atoms with Crippen LogP contribution in [0.1, 0.15) is 152 Å². The monoisotopic (exact) mass is 1300 g/mol. The van der Waals surface area contributed by atoms with E-state index in [4.69, 9.17) is 19.2 Å². The van der Waals surface area contributed by atoms with E-state index in [0.29, 0.717) is 48.3 Å². The number of pyridine rings is 2. The molecule has 0 aliphatic rings. The average molecular weight is 1300 g/mol. The number of aliphatic hydroxyl groups excluding tert-OH is 1. The van der Waals surface area contributed by atoms with Gasteiger partial charge in [0.15, 0.2) is 0 Å². The minimum Gasteiger partial charge on any atom is -0.652 e. The summed E-state index contributed by atoms with van der Waals surface area (Å²) in [6, 6.07) is 29.6. The molecule has 0 bridgehead atoms. The maximum absolute atomic E-state index is 12.9. The first kappa shape index (κ1) is 80.2. The molecule has 0 saturated carbocycles. The average Bonchev–Trinajstić information content (AvgIpc) is 1.53. The minimum absolute atomic E-state index is 0.0516. The van der Waals surface area contributed by atoms with Crippen LogP contribution in [0, 0.1) is 6.92 Å². The van der Waals surface area contributed by atoms with E-state index in [2.05, 4.69) is 94.8 Å². The Labute approximate surface area is 560 Å². The van der Waals surface area contributed by atoms with Gasteiger partial charge in [-0.15, -0.1) is 17.9 Å². The molecule has 0 radical (unpaired) electrons. The third kappa shape index (κ3) is 27.4. The number of methoxy groups -OCH3 is 1. The first-order valence-corrected chi connectivity index (χ1v) is 34.0. The number of nitrogens with zero attached hydrogens (tertiary/aromatic N) is 8. The highest BCUT2D eigenvalue weighted by molar-refractivity contribution is 7.12. The number of carbonyl (C=O) groups excluding carboxylic acids is 5. The Kier molecular flexibility index (Phi) is 36.5. The van der Waals surface area contributed by atoms with Crippen molar-refractivity contribution >= 4 is 68.3 Å². The summed E-state index contributed by atoms with van der Waals surface area (Å²) in [5, 5.41) is 24.4. The van der Waals surface area contributed by atoms with Gasteiger partial charge in [0.05, 0.1) is 50.2 Å². The van der Waals surface area contributed by atoms with Gasteiger partial charge in [-0.3, -0.25) is 24.1 Å². The largest absolute Gasteiger partial charge is 0.652 e. The molecule has 3 heterocycles. The van der Waals surface area contributed by atoms with E-state index < -0.39 is 12.0 Å². The van der Waals surface area contributed by atoms with Gasteiger partial charge in [0.1, 0.15) is 11.5 Å². The van der Waals surface area contributed by atoms with Gasteiger partial charge in [-0.05, 0) is 134 Å². The highest BCUT2D eigenvalue weighted by Crippen LogP contribution is 2.30. The molecular weight excluding hydrogens is 1190 g/mol. The van der Waals surface area contributed by atoms with E-state index in [1.54, 1.807) is 41.8 Å². The lowest BCUT2D eigenvalue weighted by Gasteiger charge is -2.38. The van der Waals surface area contributed by atoms with Crippen LogP contribution in [0.5, 0.6) is 11.8 Å². The number of hydrogen-bond acceptors (Lipinski definition) is 15. The molecule has 3 aromatic carbocycles. The topological polar surface area (TPSA) is 213 Å². The number of rotatable bonds is 34. The number of aryl methyl sites for hydroxylation is 2. The fourth-order valence-electron chi connectivity index (χ4n) is 9.39. The molecule has 1 unspecified atom stereocenters. The number of unbranched alkanes of at least 4 members (excludes halogenated alkanes) is 2. The van der Waals surface area contributed by atoms with Gasteiger partial charge in [0.2, 0.25) is 29.5 Å². The Bertz CT molecular complexity index is 3190. The van der Waals surface area contributed by atoms with Gasteiger partial charge in [-0.25, -0.2) is 14.8 Å². The van der Waals surface area contributed by atoms with E-state index in [1.807, 2.05) is 116 Å². The molecule has 6 rings (SSSR count). The van der Waals surface area contributed by atoms with E-state index in [1.165, 1.54) is 42.2 Å². The van der Waals surface area contributed by atoms with Gasteiger partial charge in [-0.1, -0.05) is 141 Å². The Balaban J connectivity index is 0.000000328. The maximum Gasteiger partial charge on any atom is 0.350 e.